The Morgan fingerprint density at radius 2 is 1.00 bits per heavy atom. The van der Waals surface area contributed by atoms with Crippen molar-refractivity contribution >= 4 is 0 Å². The van der Waals surface area contributed by atoms with E-state index >= 15 is 0 Å². The van der Waals surface area contributed by atoms with E-state index in [9.17, 15) is 0 Å². The molecular formula is C19H28. The summed E-state index contributed by atoms with van der Waals surface area (Å²) in [5.74, 6) is 0. The van der Waals surface area contributed by atoms with Gasteiger partial charge in [0.15, 0.2) is 0 Å². The van der Waals surface area contributed by atoms with Gasteiger partial charge in [-0.2, -0.15) is 0 Å². The zero-order valence-corrected chi connectivity index (χ0v) is 12.6. The van der Waals surface area contributed by atoms with Crippen molar-refractivity contribution in [1.82, 2.24) is 0 Å². The minimum absolute atomic E-state index is 1.34. The lowest BCUT2D eigenvalue weighted by Gasteiger charge is -2.19. The normalized spacial score (nSPS) is 20.5. The van der Waals surface area contributed by atoms with Crippen LogP contribution in [0.2, 0.25) is 0 Å². The Morgan fingerprint density at radius 1 is 0.579 bits per heavy atom. The molecule has 0 radical (unpaired) electrons. The van der Waals surface area contributed by atoms with Crippen LogP contribution in [-0.4, -0.2) is 0 Å². The second kappa shape index (κ2) is 6.11. The van der Waals surface area contributed by atoms with E-state index in [1.165, 1.54) is 77.0 Å². The fourth-order valence-electron chi connectivity index (χ4n) is 4.13. The van der Waals surface area contributed by atoms with Crippen molar-refractivity contribution in [2.75, 3.05) is 0 Å². The molecule has 0 aliphatic heterocycles. The van der Waals surface area contributed by atoms with Crippen LogP contribution in [0.1, 0.15) is 79.2 Å². The predicted molar refractivity (Wildman–Crippen MR) is 82.9 cm³/mol. The zero-order valence-electron chi connectivity index (χ0n) is 12.6. The van der Waals surface area contributed by atoms with Gasteiger partial charge in [0.25, 0.3) is 0 Å². The van der Waals surface area contributed by atoms with E-state index in [0.29, 0.717) is 0 Å². The summed E-state index contributed by atoms with van der Waals surface area (Å²) in [7, 11) is 0. The van der Waals surface area contributed by atoms with Crippen LogP contribution in [0.3, 0.4) is 0 Å². The van der Waals surface area contributed by atoms with Gasteiger partial charge in [-0.15, -0.1) is 0 Å². The first-order valence-electron chi connectivity index (χ1n) is 8.49. The van der Waals surface area contributed by atoms with Gasteiger partial charge in [-0.1, -0.05) is 31.7 Å². The van der Waals surface area contributed by atoms with Gasteiger partial charge in [-0.05, 0) is 86.1 Å². The van der Waals surface area contributed by atoms with Crippen molar-refractivity contribution in [1.29, 1.82) is 0 Å². The van der Waals surface area contributed by atoms with Crippen LogP contribution in [-0.2, 0) is 25.7 Å². The molecule has 0 atom stereocenters. The lowest BCUT2D eigenvalue weighted by atomic mass is 9.86. The molecule has 1 aromatic rings. The summed E-state index contributed by atoms with van der Waals surface area (Å²) in [6, 6.07) is 2.61. The van der Waals surface area contributed by atoms with Crippen LogP contribution >= 0.6 is 0 Å². The molecule has 0 saturated heterocycles. The molecule has 0 nitrogen and oxygen atoms in total. The van der Waals surface area contributed by atoms with E-state index in [2.05, 4.69) is 13.0 Å². The summed E-state index contributed by atoms with van der Waals surface area (Å²) in [5, 5.41) is 0. The fraction of sp³-hybridized carbons (Fsp3) is 0.684. The zero-order chi connectivity index (χ0) is 13.1. The third-order valence-corrected chi connectivity index (χ3v) is 5.27. The maximum absolute atomic E-state index is 2.61. The van der Waals surface area contributed by atoms with Crippen LogP contribution in [0.15, 0.2) is 6.07 Å². The molecule has 3 rings (SSSR count). The number of hydrogen-bond donors (Lipinski definition) is 0. The summed E-state index contributed by atoms with van der Waals surface area (Å²) in [5.41, 5.74) is 8.56. The van der Waals surface area contributed by atoms with Crippen LogP contribution < -0.4 is 0 Å². The lowest BCUT2D eigenvalue weighted by molar-refractivity contribution is 0.629. The van der Waals surface area contributed by atoms with Crippen molar-refractivity contribution in [3.8, 4) is 0 Å². The van der Waals surface area contributed by atoms with Crippen molar-refractivity contribution in [2.24, 2.45) is 0 Å². The molecule has 0 unspecified atom stereocenters. The Bertz CT molecular complexity index is 442. The molecule has 0 amide bonds. The topological polar surface area (TPSA) is 0 Å². The molecule has 0 saturated carbocycles. The molecule has 0 aromatic heterocycles. The highest BCUT2D eigenvalue weighted by molar-refractivity contribution is 5.46. The van der Waals surface area contributed by atoms with Gasteiger partial charge >= 0.3 is 0 Å². The average molecular weight is 256 g/mol. The van der Waals surface area contributed by atoms with Gasteiger partial charge < -0.3 is 0 Å². The Kier molecular flexibility index (Phi) is 4.25. The van der Waals surface area contributed by atoms with Crippen molar-refractivity contribution in [2.45, 2.75) is 84.0 Å². The summed E-state index contributed by atoms with van der Waals surface area (Å²) >= 11 is 0. The number of aryl methyl sites for hydroxylation is 2. The molecule has 1 aromatic carbocycles. The van der Waals surface area contributed by atoms with E-state index in [1.807, 2.05) is 0 Å². The van der Waals surface area contributed by atoms with Crippen molar-refractivity contribution in [3.05, 3.63) is 33.9 Å². The minimum Gasteiger partial charge on any atom is -0.0553 e. The molecule has 2 aliphatic carbocycles. The maximum atomic E-state index is 2.61. The first-order chi connectivity index (χ1) is 9.36. The molecule has 104 valence electrons. The summed E-state index contributed by atoms with van der Waals surface area (Å²) < 4.78 is 0. The highest BCUT2D eigenvalue weighted by Crippen LogP contribution is 2.31. The van der Waals surface area contributed by atoms with Gasteiger partial charge in [0, 0.05) is 0 Å². The Hall–Kier alpha value is -0.780. The molecule has 0 heteroatoms. The second-order valence-electron chi connectivity index (χ2n) is 6.61. The van der Waals surface area contributed by atoms with Gasteiger partial charge in [0.05, 0.1) is 0 Å². The van der Waals surface area contributed by atoms with E-state index in [4.69, 9.17) is 0 Å². The third kappa shape index (κ3) is 2.88. The molecule has 0 N–H and O–H groups in total. The molecular weight excluding hydrogens is 228 g/mol. The Balaban J connectivity index is 2.01. The van der Waals surface area contributed by atoms with Crippen LogP contribution in [0.5, 0.6) is 0 Å². The first-order valence-corrected chi connectivity index (χ1v) is 8.49. The number of benzene rings is 1. The largest absolute Gasteiger partial charge is 0.0553 e. The Labute approximate surface area is 118 Å². The van der Waals surface area contributed by atoms with E-state index in [1.54, 1.807) is 27.8 Å². The second-order valence-corrected chi connectivity index (χ2v) is 6.61. The highest BCUT2D eigenvalue weighted by atomic mass is 14.2. The number of fused-ring (bicyclic) bond motifs is 2. The van der Waals surface area contributed by atoms with Gasteiger partial charge in [-0.25, -0.2) is 0 Å². The van der Waals surface area contributed by atoms with Gasteiger partial charge in [0.1, 0.15) is 0 Å². The van der Waals surface area contributed by atoms with Crippen LogP contribution in [0.4, 0.5) is 0 Å². The lowest BCUT2D eigenvalue weighted by Crippen LogP contribution is -2.05. The maximum Gasteiger partial charge on any atom is -0.0273 e. The van der Waals surface area contributed by atoms with Gasteiger partial charge in [-0.3, -0.25) is 0 Å². The van der Waals surface area contributed by atoms with Gasteiger partial charge in [0.2, 0.25) is 0 Å². The average Bonchev–Trinajstić information content (AvgIpc) is 2.57. The first kappa shape index (κ1) is 13.2. The monoisotopic (exact) mass is 256 g/mol. The molecule has 19 heavy (non-hydrogen) atoms. The highest BCUT2D eigenvalue weighted by Gasteiger charge is 2.17. The standard InChI is InChI=1S/C19H28/c1-15-18-12-8-4-2-3-6-10-16(18)14-17-11-7-5-9-13-19(15)17/h14H,2-13H2,1H3. The molecule has 0 spiro atoms. The molecule has 0 heterocycles. The SMILES string of the molecule is Cc1c2c(cc3c1CCCCC3)CCCCCCC2. The van der Waals surface area contributed by atoms with Crippen LogP contribution in [0.25, 0.3) is 0 Å². The summed E-state index contributed by atoms with van der Waals surface area (Å²) in [6.45, 7) is 2.42. The summed E-state index contributed by atoms with van der Waals surface area (Å²) in [4.78, 5) is 0. The Morgan fingerprint density at radius 3 is 1.58 bits per heavy atom. The quantitative estimate of drug-likeness (QED) is 0.552. The number of rotatable bonds is 0. The molecule has 2 aliphatic rings. The molecule has 0 fully saturated rings. The molecule has 0 bridgehead atoms. The van der Waals surface area contributed by atoms with E-state index in [-0.39, 0.29) is 0 Å². The number of hydrogen-bond acceptors (Lipinski definition) is 0. The van der Waals surface area contributed by atoms with Crippen molar-refractivity contribution < 1.29 is 0 Å². The predicted octanol–water partition coefficient (Wildman–Crippen LogP) is 5.31. The smallest absolute Gasteiger partial charge is 0.0273 e. The minimum atomic E-state index is 1.34. The fourth-order valence-corrected chi connectivity index (χ4v) is 4.13. The summed E-state index contributed by atoms with van der Waals surface area (Å²) in [6.07, 6.45) is 16.8. The van der Waals surface area contributed by atoms with E-state index in [0.717, 1.165) is 0 Å². The van der Waals surface area contributed by atoms with Crippen LogP contribution in [0, 0.1) is 6.92 Å². The van der Waals surface area contributed by atoms with E-state index < -0.39 is 0 Å². The third-order valence-electron chi connectivity index (χ3n) is 5.27. The van der Waals surface area contributed by atoms with Crippen molar-refractivity contribution in [3.63, 3.8) is 0 Å².